The molecule has 136 valence electrons. The van der Waals surface area contributed by atoms with Gasteiger partial charge in [-0.3, -0.25) is 9.59 Å². The van der Waals surface area contributed by atoms with Crippen LogP contribution in [0.1, 0.15) is 35.7 Å². The Morgan fingerprint density at radius 3 is 2.38 bits per heavy atom. The topological polar surface area (TPSA) is 49.4 Å². The molecule has 0 aliphatic carbocycles. The molecule has 1 aliphatic rings. The van der Waals surface area contributed by atoms with Gasteiger partial charge in [-0.15, -0.1) is 0 Å². The first-order valence-electron chi connectivity index (χ1n) is 9.02. The molecule has 1 fully saturated rings. The fourth-order valence-electron chi connectivity index (χ4n) is 3.31. The van der Waals surface area contributed by atoms with Crippen LogP contribution >= 0.6 is 15.9 Å². The lowest BCUT2D eigenvalue weighted by Crippen LogP contribution is -2.41. The summed E-state index contributed by atoms with van der Waals surface area (Å²) in [4.78, 5) is 27.0. The molecule has 3 rings (SSSR count). The Bertz CT molecular complexity index is 781. The number of para-hydroxylation sites is 1. The predicted molar refractivity (Wildman–Crippen MR) is 107 cm³/mol. The van der Waals surface area contributed by atoms with Crippen molar-refractivity contribution in [3.05, 3.63) is 64.1 Å². The molecular weight excluding hydrogens is 392 g/mol. The normalized spacial score (nSPS) is 14.9. The molecule has 2 aromatic rings. The number of likely N-dealkylation sites (tertiary alicyclic amines) is 1. The van der Waals surface area contributed by atoms with Gasteiger partial charge in [0, 0.05) is 34.7 Å². The molecule has 5 heteroatoms. The molecule has 0 unspecified atom stereocenters. The van der Waals surface area contributed by atoms with Gasteiger partial charge in [-0.25, -0.2) is 0 Å². The molecule has 0 bridgehead atoms. The van der Waals surface area contributed by atoms with Gasteiger partial charge in [0.2, 0.25) is 5.91 Å². The summed E-state index contributed by atoms with van der Waals surface area (Å²) in [5.74, 6) is 0.0446. The van der Waals surface area contributed by atoms with E-state index >= 15 is 0 Å². The van der Waals surface area contributed by atoms with Crippen molar-refractivity contribution < 1.29 is 9.59 Å². The highest BCUT2D eigenvalue weighted by Crippen LogP contribution is 2.23. The number of hydrogen-bond donors (Lipinski definition) is 1. The van der Waals surface area contributed by atoms with Crippen LogP contribution in [0, 0.1) is 5.92 Å². The van der Waals surface area contributed by atoms with Crippen LogP contribution in [0.5, 0.6) is 0 Å². The zero-order chi connectivity index (χ0) is 18.5. The second-order valence-electron chi connectivity index (χ2n) is 6.57. The molecule has 0 aromatic heterocycles. The molecule has 0 atom stereocenters. The van der Waals surface area contributed by atoms with E-state index in [4.69, 9.17) is 0 Å². The Kier molecular flexibility index (Phi) is 6.09. The molecule has 1 saturated heterocycles. The van der Waals surface area contributed by atoms with Gasteiger partial charge in [0.15, 0.2) is 0 Å². The minimum absolute atomic E-state index is 0.0349. The summed E-state index contributed by atoms with van der Waals surface area (Å²) >= 11 is 3.38. The van der Waals surface area contributed by atoms with Crippen molar-refractivity contribution >= 4 is 33.4 Å². The van der Waals surface area contributed by atoms with Gasteiger partial charge in [-0.2, -0.15) is 0 Å². The molecule has 1 heterocycles. The number of amides is 2. The Morgan fingerprint density at radius 1 is 1.08 bits per heavy atom. The monoisotopic (exact) mass is 414 g/mol. The fraction of sp³-hybridized carbons (Fsp3) is 0.333. The molecule has 1 aliphatic heterocycles. The summed E-state index contributed by atoms with van der Waals surface area (Å²) in [6, 6.07) is 15.3. The van der Waals surface area contributed by atoms with E-state index in [-0.39, 0.29) is 17.7 Å². The first-order valence-corrected chi connectivity index (χ1v) is 9.81. The van der Waals surface area contributed by atoms with Crippen LogP contribution in [-0.2, 0) is 11.2 Å². The number of carbonyl (C=O) groups excluding carboxylic acids is 2. The average molecular weight is 415 g/mol. The van der Waals surface area contributed by atoms with Crippen molar-refractivity contribution in [2.45, 2.75) is 26.2 Å². The van der Waals surface area contributed by atoms with Crippen LogP contribution < -0.4 is 5.32 Å². The van der Waals surface area contributed by atoms with Crippen molar-refractivity contribution in [1.29, 1.82) is 0 Å². The smallest absolute Gasteiger partial charge is 0.253 e. The van der Waals surface area contributed by atoms with Gasteiger partial charge in [-0.1, -0.05) is 41.1 Å². The number of piperidine rings is 1. The number of anilines is 1. The van der Waals surface area contributed by atoms with Gasteiger partial charge in [0.05, 0.1) is 0 Å². The number of rotatable bonds is 4. The largest absolute Gasteiger partial charge is 0.339 e. The van der Waals surface area contributed by atoms with Crippen molar-refractivity contribution in [2.75, 3.05) is 18.4 Å². The fourth-order valence-corrected chi connectivity index (χ4v) is 3.57. The number of benzene rings is 2. The summed E-state index contributed by atoms with van der Waals surface area (Å²) in [7, 11) is 0. The van der Waals surface area contributed by atoms with Crippen LogP contribution in [0.15, 0.2) is 53.0 Å². The van der Waals surface area contributed by atoms with Crippen LogP contribution in [-0.4, -0.2) is 29.8 Å². The van der Waals surface area contributed by atoms with Crippen molar-refractivity contribution in [2.24, 2.45) is 5.92 Å². The van der Waals surface area contributed by atoms with Gasteiger partial charge in [0.25, 0.3) is 5.91 Å². The molecular formula is C21H23BrN2O2. The third-order valence-electron chi connectivity index (χ3n) is 4.90. The van der Waals surface area contributed by atoms with Crippen molar-refractivity contribution in [3.8, 4) is 0 Å². The lowest BCUT2D eigenvalue weighted by atomic mass is 9.95. The standard InChI is InChI=1S/C21H23BrN2O2/c1-2-15-5-3-4-6-19(15)23-20(25)16-11-13-24(14-12-16)21(26)17-7-9-18(22)10-8-17/h3-10,16H,2,11-14H2,1H3,(H,23,25). The van der Waals surface area contributed by atoms with Gasteiger partial charge < -0.3 is 10.2 Å². The second-order valence-corrected chi connectivity index (χ2v) is 7.49. The number of nitrogens with zero attached hydrogens (tertiary/aromatic N) is 1. The van der Waals surface area contributed by atoms with E-state index in [0.29, 0.717) is 31.5 Å². The van der Waals surface area contributed by atoms with E-state index in [0.717, 1.165) is 22.1 Å². The number of halogens is 1. The van der Waals surface area contributed by atoms with E-state index in [1.54, 1.807) is 0 Å². The van der Waals surface area contributed by atoms with Crippen LogP contribution in [0.4, 0.5) is 5.69 Å². The van der Waals surface area contributed by atoms with Gasteiger partial charge >= 0.3 is 0 Å². The first kappa shape index (κ1) is 18.6. The molecule has 0 spiro atoms. The van der Waals surface area contributed by atoms with Crippen LogP contribution in [0.3, 0.4) is 0 Å². The summed E-state index contributed by atoms with van der Waals surface area (Å²) in [6.07, 6.45) is 2.28. The quantitative estimate of drug-likeness (QED) is 0.800. The van der Waals surface area contributed by atoms with Gasteiger partial charge in [-0.05, 0) is 55.2 Å². The highest BCUT2D eigenvalue weighted by atomic mass is 79.9. The SMILES string of the molecule is CCc1ccccc1NC(=O)C1CCN(C(=O)c2ccc(Br)cc2)CC1. The Labute approximate surface area is 162 Å². The van der Waals surface area contributed by atoms with E-state index in [9.17, 15) is 9.59 Å². The van der Waals surface area contributed by atoms with E-state index in [1.165, 1.54) is 0 Å². The van der Waals surface area contributed by atoms with E-state index in [2.05, 4.69) is 28.2 Å². The lowest BCUT2D eigenvalue weighted by Gasteiger charge is -2.31. The minimum Gasteiger partial charge on any atom is -0.339 e. The Hall–Kier alpha value is -2.14. The molecule has 4 nitrogen and oxygen atoms in total. The maximum Gasteiger partial charge on any atom is 0.253 e. The minimum atomic E-state index is -0.0473. The number of carbonyl (C=O) groups is 2. The van der Waals surface area contributed by atoms with Crippen molar-refractivity contribution in [3.63, 3.8) is 0 Å². The highest BCUT2D eigenvalue weighted by Gasteiger charge is 2.28. The van der Waals surface area contributed by atoms with Crippen molar-refractivity contribution in [1.82, 2.24) is 4.90 Å². The first-order chi connectivity index (χ1) is 12.6. The summed E-state index contributed by atoms with van der Waals surface area (Å²) < 4.78 is 0.955. The number of aryl methyl sites for hydroxylation is 1. The second kappa shape index (κ2) is 8.49. The van der Waals surface area contributed by atoms with Crippen LogP contribution in [0.2, 0.25) is 0 Å². The highest BCUT2D eigenvalue weighted by molar-refractivity contribution is 9.10. The third-order valence-corrected chi connectivity index (χ3v) is 5.43. The molecule has 2 amide bonds. The maximum atomic E-state index is 12.6. The summed E-state index contributed by atoms with van der Waals surface area (Å²) in [5.41, 5.74) is 2.73. The maximum absolute atomic E-state index is 12.6. The molecule has 0 radical (unpaired) electrons. The molecule has 26 heavy (non-hydrogen) atoms. The summed E-state index contributed by atoms with van der Waals surface area (Å²) in [6.45, 7) is 3.31. The Balaban J connectivity index is 1.57. The van der Waals surface area contributed by atoms with E-state index in [1.807, 2.05) is 53.4 Å². The number of hydrogen-bond acceptors (Lipinski definition) is 2. The zero-order valence-corrected chi connectivity index (χ0v) is 16.5. The Morgan fingerprint density at radius 2 is 1.73 bits per heavy atom. The third kappa shape index (κ3) is 4.33. The molecule has 2 aromatic carbocycles. The zero-order valence-electron chi connectivity index (χ0n) is 14.9. The predicted octanol–water partition coefficient (Wildman–Crippen LogP) is 4.50. The number of nitrogens with one attached hydrogen (secondary N) is 1. The van der Waals surface area contributed by atoms with E-state index < -0.39 is 0 Å². The molecule has 1 N–H and O–H groups in total. The van der Waals surface area contributed by atoms with Gasteiger partial charge in [0.1, 0.15) is 0 Å². The lowest BCUT2D eigenvalue weighted by molar-refractivity contribution is -0.121. The molecule has 0 saturated carbocycles. The summed E-state index contributed by atoms with van der Waals surface area (Å²) in [5, 5.41) is 3.07. The van der Waals surface area contributed by atoms with Crippen LogP contribution in [0.25, 0.3) is 0 Å². The average Bonchev–Trinajstić information content (AvgIpc) is 2.68.